The third-order valence-corrected chi connectivity index (χ3v) is 15.0. The number of nitrogens with zero attached hydrogens (tertiary/aromatic N) is 2. The molecule has 0 bridgehead atoms. The molecule has 0 saturated heterocycles. The zero-order chi connectivity index (χ0) is 45.0. The van der Waals surface area contributed by atoms with Gasteiger partial charge in [-0.2, -0.15) is 0 Å². The monoisotopic (exact) mass is 870 g/mol. The molecule has 324 valence electrons. The predicted octanol–water partition coefficient (Wildman–Crippen LogP) is 18.2. The van der Waals surface area contributed by atoms with Crippen LogP contribution in [-0.4, -0.2) is 4.57 Å². The highest BCUT2D eigenvalue weighted by atomic mass is 15.1. The Bertz CT molecular complexity index is 3650. The van der Waals surface area contributed by atoms with Crippen molar-refractivity contribution in [3.8, 4) is 61.3 Å². The van der Waals surface area contributed by atoms with Gasteiger partial charge in [-0.15, -0.1) is 0 Å². The Morgan fingerprint density at radius 2 is 0.868 bits per heavy atom. The van der Waals surface area contributed by atoms with E-state index in [4.69, 9.17) is 0 Å². The molecule has 1 saturated carbocycles. The molecule has 1 aromatic heterocycles. The van der Waals surface area contributed by atoms with E-state index in [1.54, 1.807) is 0 Å². The van der Waals surface area contributed by atoms with Crippen LogP contribution in [0.25, 0.3) is 83.1 Å². The lowest BCUT2D eigenvalue weighted by Crippen LogP contribution is -2.28. The van der Waals surface area contributed by atoms with Gasteiger partial charge >= 0.3 is 0 Å². The van der Waals surface area contributed by atoms with Gasteiger partial charge in [0.2, 0.25) is 0 Å². The van der Waals surface area contributed by atoms with E-state index in [-0.39, 0.29) is 5.41 Å². The fourth-order valence-corrected chi connectivity index (χ4v) is 12.0. The number of hydrogen-bond acceptors (Lipinski definition) is 1. The summed E-state index contributed by atoms with van der Waals surface area (Å²) in [5.41, 5.74) is 22.5. The predicted molar refractivity (Wildman–Crippen MR) is 287 cm³/mol. The Balaban J connectivity index is 0.981. The number of para-hydroxylation sites is 3. The van der Waals surface area contributed by atoms with Crippen molar-refractivity contribution in [1.29, 1.82) is 0 Å². The lowest BCUT2D eigenvalue weighted by molar-refractivity contribution is 0.353. The molecule has 0 N–H and O–H groups in total. The summed E-state index contributed by atoms with van der Waals surface area (Å²) in [4.78, 5) is 2.50. The Hall–Kier alpha value is -8.20. The van der Waals surface area contributed by atoms with Crippen LogP contribution in [0.3, 0.4) is 0 Å². The van der Waals surface area contributed by atoms with E-state index in [0.29, 0.717) is 0 Å². The maximum absolute atomic E-state index is 2.50. The molecule has 2 heteroatoms. The summed E-state index contributed by atoms with van der Waals surface area (Å²) >= 11 is 0. The number of anilines is 3. The van der Waals surface area contributed by atoms with Gasteiger partial charge in [0.15, 0.2) is 0 Å². The van der Waals surface area contributed by atoms with Gasteiger partial charge < -0.3 is 9.47 Å². The minimum Gasteiger partial charge on any atom is -0.310 e. The smallest absolute Gasteiger partial charge is 0.0547 e. The summed E-state index contributed by atoms with van der Waals surface area (Å²) in [6.45, 7) is 0. The normalized spacial score (nSPS) is 13.7. The molecule has 0 amide bonds. The van der Waals surface area contributed by atoms with Gasteiger partial charge in [-0.25, -0.2) is 0 Å². The molecule has 11 aromatic rings. The number of aromatic nitrogens is 1. The number of rotatable bonds is 8. The Morgan fingerprint density at radius 1 is 0.324 bits per heavy atom. The molecule has 2 nitrogen and oxygen atoms in total. The van der Waals surface area contributed by atoms with Gasteiger partial charge in [0.25, 0.3) is 0 Å². The fraction of sp³-hybridized carbons (Fsp3) is 0.0909. The molecular formula is C66H50N2. The SMILES string of the molecule is c1ccc(-c2ccccc2-c2ccccc2-c2ccccc2N(c2ccc(-c3ccc4c5ccccc5n(-c5ccccc5)c4c3)cc2)c2ccc3c(c2)-c2ccccc2C32CCCCC2)cc1. The molecule has 0 radical (unpaired) electrons. The van der Waals surface area contributed by atoms with E-state index in [1.165, 1.54) is 121 Å². The second-order valence-corrected chi connectivity index (χ2v) is 18.7. The van der Waals surface area contributed by atoms with Gasteiger partial charge in [0.1, 0.15) is 0 Å². The lowest BCUT2D eigenvalue weighted by Gasteiger charge is -2.36. The van der Waals surface area contributed by atoms with Crippen molar-refractivity contribution in [3.63, 3.8) is 0 Å². The standard InChI is InChI=1S/C66H50N2/c1-4-20-47(21-5-1)52-24-8-9-25-53(52)54-26-10-11-27-55(54)57-29-13-16-32-63(57)67(51-39-41-62-60(45-51)56-28-12-15-31-61(56)66(62)42-18-3-19-43-66)50-37-34-46(35-38-50)48-36-40-59-58-30-14-17-33-64(58)68(65(59)44-48)49-22-6-2-7-23-49/h1-2,4-17,20-41,44-45H,3,18-19,42-43H2. The first-order valence-corrected chi connectivity index (χ1v) is 24.3. The molecule has 2 aliphatic carbocycles. The summed E-state index contributed by atoms with van der Waals surface area (Å²) in [5.74, 6) is 0. The molecule has 1 spiro atoms. The molecule has 2 aliphatic rings. The third-order valence-electron chi connectivity index (χ3n) is 15.0. The van der Waals surface area contributed by atoms with Crippen LogP contribution < -0.4 is 4.90 Å². The second-order valence-electron chi connectivity index (χ2n) is 18.7. The van der Waals surface area contributed by atoms with Gasteiger partial charge in [-0.05, 0) is 129 Å². The van der Waals surface area contributed by atoms with Crippen LogP contribution in [0, 0.1) is 0 Å². The highest BCUT2D eigenvalue weighted by Crippen LogP contribution is 2.57. The molecule has 10 aromatic carbocycles. The van der Waals surface area contributed by atoms with E-state index < -0.39 is 0 Å². The van der Waals surface area contributed by atoms with Crippen molar-refractivity contribution in [2.24, 2.45) is 0 Å². The van der Waals surface area contributed by atoms with Crippen LogP contribution in [0.15, 0.2) is 243 Å². The lowest BCUT2D eigenvalue weighted by atomic mass is 9.68. The van der Waals surface area contributed by atoms with Crippen molar-refractivity contribution >= 4 is 38.9 Å². The first-order valence-electron chi connectivity index (χ1n) is 24.3. The average Bonchev–Trinajstić information content (AvgIpc) is 3.88. The first kappa shape index (κ1) is 40.1. The van der Waals surface area contributed by atoms with E-state index in [0.717, 1.165) is 22.7 Å². The Kier molecular flexibility index (Phi) is 9.79. The summed E-state index contributed by atoms with van der Waals surface area (Å²) in [6.07, 6.45) is 6.29. The summed E-state index contributed by atoms with van der Waals surface area (Å²) in [5, 5.41) is 2.52. The summed E-state index contributed by atoms with van der Waals surface area (Å²) in [6, 6.07) is 89.9. The van der Waals surface area contributed by atoms with E-state index in [9.17, 15) is 0 Å². The van der Waals surface area contributed by atoms with Crippen molar-refractivity contribution in [2.75, 3.05) is 4.90 Å². The highest BCUT2D eigenvalue weighted by Gasteiger charge is 2.43. The number of fused-ring (bicyclic) bond motifs is 8. The molecule has 13 rings (SSSR count). The molecule has 68 heavy (non-hydrogen) atoms. The summed E-state index contributed by atoms with van der Waals surface area (Å²) < 4.78 is 2.40. The van der Waals surface area contributed by atoms with E-state index in [1.807, 2.05) is 0 Å². The van der Waals surface area contributed by atoms with Crippen LogP contribution in [0.2, 0.25) is 0 Å². The van der Waals surface area contributed by atoms with Gasteiger partial charge in [-0.1, -0.05) is 207 Å². The molecule has 0 atom stereocenters. The Morgan fingerprint density at radius 3 is 1.63 bits per heavy atom. The van der Waals surface area contributed by atoms with Crippen LogP contribution in [0.5, 0.6) is 0 Å². The highest BCUT2D eigenvalue weighted by molar-refractivity contribution is 6.10. The van der Waals surface area contributed by atoms with Crippen LogP contribution in [-0.2, 0) is 5.41 Å². The van der Waals surface area contributed by atoms with Gasteiger partial charge in [-0.3, -0.25) is 0 Å². The van der Waals surface area contributed by atoms with Crippen molar-refractivity contribution in [3.05, 3.63) is 254 Å². The third kappa shape index (κ3) is 6.54. The van der Waals surface area contributed by atoms with Gasteiger partial charge in [0, 0.05) is 38.8 Å². The first-order chi connectivity index (χ1) is 33.7. The molecular weight excluding hydrogens is 821 g/mol. The quantitative estimate of drug-likeness (QED) is 0.148. The molecule has 0 aliphatic heterocycles. The van der Waals surface area contributed by atoms with E-state index >= 15 is 0 Å². The number of hydrogen-bond donors (Lipinski definition) is 0. The fourth-order valence-electron chi connectivity index (χ4n) is 12.0. The van der Waals surface area contributed by atoms with Crippen molar-refractivity contribution in [1.82, 2.24) is 4.57 Å². The van der Waals surface area contributed by atoms with Crippen molar-refractivity contribution < 1.29 is 0 Å². The summed E-state index contributed by atoms with van der Waals surface area (Å²) in [7, 11) is 0. The molecule has 1 heterocycles. The molecule has 0 unspecified atom stereocenters. The zero-order valence-corrected chi connectivity index (χ0v) is 38.0. The number of benzene rings is 10. The minimum atomic E-state index is 0.0888. The Labute approximate surface area is 399 Å². The minimum absolute atomic E-state index is 0.0888. The van der Waals surface area contributed by atoms with Crippen LogP contribution in [0.4, 0.5) is 17.1 Å². The van der Waals surface area contributed by atoms with Crippen LogP contribution >= 0.6 is 0 Å². The maximum Gasteiger partial charge on any atom is 0.0547 e. The van der Waals surface area contributed by atoms with Gasteiger partial charge in [0.05, 0.1) is 16.7 Å². The van der Waals surface area contributed by atoms with Crippen molar-refractivity contribution in [2.45, 2.75) is 37.5 Å². The largest absolute Gasteiger partial charge is 0.310 e. The zero-order valence-electron chi connectivity index (χ0n) is 38.0. The average molecular weight is 871 g/mol. The molecule has 1 fully saturated rings. The second kappa shape index (κ2) is 16.6. The van der Waals surface area contributed by atoms with Crippen LogP contribution in [0.1, 0.15) is 43.2 Å². The topological polar surface area (TPSA) is 8.17 Å². The maximum atomic E-state index is 2.50. The van der Waals surface area contributed by atoms with E-state index in [2.05, 4.69) is 252 Å².